The number of ether oxygens (including phenoxy) is 1. The van der Waals surface area contributed by atoms with Crippen LogP contribution in [0.3, 0.4) is 0 Å². The van der Waals surface area contributed by atoms with Crippen molar-refractivity contribution in [3.05, 3.63) is 48.5 Å². The van der Waals surface area contributed by atoms with Crippen molar-refractivity contribution in [3.8, 4) is 11.5 Å². The lowest BCUT2D eigenvalue weighted by Gasteiger charge is -2.18. The van der Waals surface area contributed by atoms with Crippen LogP contribution in [0.1, 0.15) is 12.8 Å². The average molecular weight is 402 g/mol. The Balaban J connectivity index is 0.000000211. The monoisotopic (exact) mass is 402 g/mol. The number of hydrogen-bond donors (Lipinski definition) is 1. The fraction of sp³-hybridized carbons (Fsp3) is 0.300. The summed E-state index contributed by atoms with van der Waals surface area (Å²) in [6, 6.07) is 14.0. The number of nitrogens with zero attached hydrogens (tertiary/aromatic N) is 1. The molecule has 2 heterocycles. The number of para-hydroxylation sites is 2. The summed E-state index contributed by atoms with van der Waals surface area (Å²) in [6.45, 7) is 1.38. The Morgan fingerprint density at radius 2 is 1.71 bits per heavy atom. The van der Waals surface area contributed by atoms with Crippen LogP contribution in [0.2, 0.25) is 0 Å². The molecule has 1 fully saturated rings. The second-order valence-corrected chi connectivity index (χ2v) is 8.59. The number of hydrogen-bond acceptors (Lipinski definition) is 6. The van der Waals surface area contributed by atoms with Crippen molar-refractivity contribution in [2.45, 2.75) is 17.7 Å². The number of amides is 1. The van der Waals surface area contributed by atoms with Crippen molar-refractivity contribution < 1.29 is 22.4 Å². The number of nitrogens with two attached hydrogens (primary N) is 1. The first-order valence-corrected chi connectivity index (χ1v) is 10.8. The molecule has 1 saturated heterocycles. The summed E-state index contributed by atoms with van der Waals surface area (Å²) in [5, 5.41) is 0. The van der Waals surface area contributed by atoms with Crippen LogP contribution in [0.15, 0.2) is 57.8 Å². The number of carbonyl (C=O) groups is 1. The third-order valence-corrected chi connectivity index (χ3v) is 5.58. The van der Waals surface area contributed by atoms with Crippen LogP contribution in [0.4, 0.5) is 0 Å². The van der Waals surface area contributed by atoms with Crippen LogP contribution in [-0.4, -0.2) is 38.8 Å². The maximum atomic E-state index is 11.4. The first-order valence-electron chi connectivity index (χ1n) is 8.88. The molecule has 0 saturated carbocycles. The zero-order valence-corrected chi connectivity index (χ0v) is 16.3. The van der Waals surface area contributed by atoms with Gasteiger partial charge in [-0.25, -0.2) is 13.4 Å². The van der Waals surface area contributed by atoms with Gasteiger partial charge in [0.25, 0.3) is 0 Å². The molecule has 28 heavy (non-hydrogen) atoms. The van der Waals surface area contributed by atoms with Crippen LogP contribution >= 0.6 is 0 Å². The van der Waals surface area contributed by atoms with Gasteiger partial charge in [0, 0.05) is 31.0 Å². The maximum Gasteiger partial charge on any atom is 0.227 e. The third kappa shape index (κ3) is 4.96. The Morgan fingerprint density at radius 1 is 1.07 bits per heavy atom. The van der Waals surface area contributed by atoms with Crippen LogP contribution in [0.5, 0.6) is 0 Å². The van der Waals surface area contributed by atoms with Gasteiger partial charge in [0.05, 0.1) is 4.90 Å². The molecule has 0 radical (unpaired) electrons. The predicted molar refractivity (Wildman–Crippen MR) is 105 cm³/mol. The number of sulfone groups is 1. The molecule has 0 atom stereocenters. The Kier molecular flexibility index (Phi) is 6.11. The molecular weight excluding hydrogens is 380 g/mol. The minimum absolute atomic E-state index is 0.0683. The Hall–Kier alpha value is -2.71. The minimum Gasteiger partial charge on any atom is -0.436 e. The lowest BCUT2D eigenvalue weighted by atomic mass is 10.0. The molecule has 0 spiro atoms. The van der Waals surface area contributed by atoms with E-state index in [4.69, 9.17) is 14.9 Å². The summed E-state index contributed by atoms with van der Waals surface area (Å²) >= 11 is 0. The number of fused-ring (bicyclic) bond motifs is 1. The second-order valence-electron chi connectivity index (χ2n) is 6.57. The molecule has 1 aliphatic rings. The smallest absolute Gasteiger partial charge is 0.227 e. The summed E-state index contributed by atoms with van der Waals surface area (Å²) in [5.41, 5.74) is 7.32. The molecule has 1 aromatic heterocycles. The molecule has 1 aliphatic heterocycles. The normalized spacial score (nSPS) is 15.0. The number of oxazole rings is 1. The fourth-order valence-corrected chi connectivity index (χ4v) is 3.45. The third-order valence-electron chi connectivity index (χ3n) is 4.45. The largest absolute Gasteiger partial charge is 0.436 e. The molecule has 0 bridgehead atoms. The van der Waals surface area contributed by atoms with Gasteiger partial charge in [-0.15, -0.1) is 0 Å². The highest BCUT2D eigenvalue weighted by Crippen LogP contribution is 2.25. The number of primary amides is 1. The van der Waals surface area contributed by atoms with Gasteiger partial charge in [0.2, 0.25) is 11.8 Å². The summed E-state index contributed by atoms with van der Waals surface area (Å²) in [5.74, 6) is 0.373. The van der Waals surface area contributed by atoms with E-state index < -0.39 is 9.84 Å². The van der Waals surface area contributed by atoms with Gasteiger partial charge < -0.3 is 14.9 Å². The van der Waals surface area contributed by atoms with E-state index in [9.17, 15) is 13.2 Å². The van der Waals surface area contributed by atoms with Crippen molar-refractivity contribution in [2.75, 3.05) is 19.5 Å². The highest BCUT2D eigenvalue weighted by molar-refractivity contribution is 7.90. The first kappa shape index (κ1) is 20.0. The molecular formula is C20H22N2O5S. The molecule has 0 aliphatic carbocycles. The fourth-order valence-electron chi connectivity index (χ4n) is 2.82. The Morgan fingerprint density at radius 3 is 2.25 bits per heavy atom. The molecule has 8 heteroatoms. The zero-order chi connectivity index (χ0) is 20.1. The number of benzene rings is 2. The van der Waals surface area contributed by atoms with Crippen molar-refractivity contribution in [3.63, 3.8) is 0 Å². The van der Waals surface area contributed by atoms with Crippen LogP contribution in [0.25, 0.3) is 22.6 Å². The summed E-state index contributed by atoms with van der Waals surface area (Å²) in [6.07, 6.45) is 2.78. The van der Waals surface area contributed by atoms with E-state index in [1.165, 1.54) is 6.26 Å². The minimum atomic E-state index is -3.18. The van der Waals surface area contributed by atoms with E-state index in [2.05, 4.69) is 4.98 Å². The summed E-state index contributed by atoms with van der Waals surface area (Å²) < 4.78 is 33.4. The van der Waals surface area contributed by atoms with E-state index >= 15 is 0 Å². The standard InChI is InChI=1S/C14H11NO3S.C6H11NO2/c1-19(16,17)11-8-6-10(7-9-11)14-15-12-4-2-3-5-13(12)18-14;7-6(8)5-1-3-9-4-2-5/h2-9H,1H3;5H,1-4H2,(H2,7,8). The SMILES string of the molecule is CS(=O)(=O)c1ccc(-c2nc3ccccc3o2)cc1.NC(=O)C1CCOCC1. The molecule has 1 amide bonds. The van der Waals surface area contributed by atoms with E-state index in [0.29, 0.717) is 24.7 Å². The topological polar surface area (TPSA) is 112 Å². The maximum absolute atomic E-state index is 11.4. The van der Waals surface area contributed by atoms with Gasteiger partial charge in [0.1, 0.15) is 5.52 Å². The molecule has 2 N–H and O–H groups in total. The highest BCUT2D eigenvalue weighted by atomic mass is 32.2. The van der Waals surface area contributed by atoms with Crippen molar-refractivity contribution in [1.82, 2.24) is 4.98 Å². The second kappa shape index (κ2) is 8.53. The Labute approximate surface area is 163 Å². The molecule has 0 unspecified atom stereocenters. The molecule has 7 nitrogen and oxygen atoms in total. The number of carbonyl (C=O) groups excluding carboxylic acids is 1. The lowest BCUT2D eigenvalue weighted by molar-refractivity contribution is -0.124. The summed E-state index contributed by atoms with van der Waals surface area (Å²) in [7, 11) is -3.18. The predicted octanol–water partition coefficient (Wildman–Crippen LogP) is 2.80. The van der Waals surface area contributed by atoms with Gasteiger partial charge in [-0.1, -0.05) is 12.1 Å². The van der Waals surface area contributed by atoms with Crippen LogP contribution < -0.4 is 5.73 Å². The molecule has 3 aromatic rings. The number of aromatic nitrogens is 1. The van der Waals surface area contributed by atoms with Crippen LogP contribution in [-0.2, 0) is 19.4 Å². The van der Waals surface area contributed by atoms with E-state index in [1.54, 1.807) is 24.3 Å². The van der Waals surface area contributed by atoms with Gasteiger partial charge in [0.15, 0.2) is 15.4 Å². The van der Waals surface area contributed by atoms with Gasteiger partial charge >= 0.3 is 0 Å². The molecule has 2 aromatic carbocycles. The van der Waals surface area contributed by atoms with Crippen molar-refractivity contribution >= 4 is 26.8 Å². The van der Waals surface area contributed by atoms with Crippen molar-refractivity contribution in [1.29, 1.82) is 0 Å². The van der Waals surface area contributed by atoms with E-state index in [0.717, 1.165) is 23.9 Å². The molecule has 148 valence electrons. The lowest BCUT2D eigenvalue weighted by Crippen LogP contribution is -2.28. The quantitative estimate of drug-likeness (QED) is 0.721. The van der Waals surface area contributed by atoms with E-state index in [-0.39, 0.29) is 16.7 Å². The first-order chi connectivity index (χ1) is 13.3. The zero-order valence-electron chi connectivity index (χ0n) is 15.5. The van der Waals surface area contributed by atoms with Crippen molar-refractivity contribution in [2.24, 2.45) is 11.7 Å². The number of rotatable bonds is 3. The highest BCUT2D eigenvalue weighted by Gasteiger charge is 2.18. The summed E-state index contributed by atoms with van der Waals surface area (Å²) in [4.78, 5) is 15.2. The van der Waals surface area contributed by atoms with Gasteiger partial charge in [-0.3, -0.25) is 4.79 Å². The van der Waals surface area contributed by atoms with Gasteiger partial charge in [-0.05, 0) is 49.2 Å². The Bertz CT molecular complexity index is 1020. The van der Waals surface area contributed by atoms with Gasteiger partial charge in [-0.2, -0.15) is 0 Å². The average Bonchev–Trinajstić information content (AvgIpc) is 3.13. The van der Waals surface area contributed by atoms with E-state index in [1.807, 2.05) is 24.3 Å². The molecule has 4 rings (SSSR count). The van der Waals surface area contributed by atoms with Crippen LogP contribution in [0, 0.1) is 5.92 Å².